The number of carbonyl (C=O) groups is 3. The summed E-state index contributed by atoms with van der Waals surface area (Å²) in [6.45, 7) is 4.14. The molecule has 0 aromatic rings. The van der Waals surface area contributed by atoms with Crippen molar-refractivity contribution in [3.8, 4) is 0 Å². The Kier molecular flexibility index (Phi) is 5.14. The molecule has 3 rings (SSSR count). The van der Waals surface area contributed by atoms with Gasteiger partial charge in [0.2, 0.25) is 11.8 Å². The molecule has 2 fully saturated rings. The Hall–Kier alpha value is -1.84. The van der Waals surface area contributed by atoms with Crippen LogP contribution in [0, 0.1) is 11.8 Å². The molecule has 3 heterocycles. The number of nitrogens with one attached hydrogen (secondary N) is 1. The first-order valence-electron chi connectivity index (χ1n) is 8.58. The zero-order chi connectivity index (χ0) is 19.2. The molecule has 0 spiro atoms. The van der Waals surface area contributed by atoms with E-state index in [-0.39, 0.29) is 34.9 Å². The summed E-state index contributed by atoms with van der Waals surface area (Å²) in [5, 5.41) is 22.9. The topological polar surface area (TPSA) is 133 Å². The summed E-state index contributed by atoms with van der Waals surface area (Å²) in [6.07, 6.45) is 2.97. The molecule has 3 aliphatic rings. The van der Waals surface area contributed by atoms with Crippen LogP contribution in [0.2, 0.25) is 0 Å². The number of aliphatic hydroxyl groups is 1. The summed E-state index contributed by atoms with van der Waals surface area (Å²) in [6, 6.07) is -0.287. The number of carboxylic acids is 1. The third-order valence-corrected chi connectivity index (χ3v) is 6.73. The van der Waals surface area contributed by atoms with Gasteiger partial charge in [0.25, 0.3) is 0 Å². The van der Waals surface area contributed by atoms with Gasteiger partial charge in [-0.15, -0.1) is 11.8 Å². The van der Waals surface area contributed by atoms with Crippen LogP contribution in [0.3, 0.4) is 0 Å². The van der Waals surface area contributed by atoms with Crippen molar-refractivity contribution >= 4 is 29.5 Å². The van der Waals surface area contributed by atoms with Crippen molar-refractivity contribution in [1.82, 2.24) is 10.2 Å². The summed E-state index contributed by atoms with van der Waals surface area (Å²) in [4.78, 5) is 37.0. The number of aliphatic carboxylic acids is 1. The first-order valence-corrected chi connectivity index (χ1v) is 9.46. The van der Waals surface area contributed by atoms with E-state index >= 15 is 0 Å². The molecule has 0 aliphatic carbocycles. The largest absolute Gasteiger partial charge is 0.477 e. The van der Waals surface area contributed by atoms with E-state index < -0.39 is 23.9 Å². The molecule has 2 saturated heterocycles. The van der Waals surface area contributed by atoms with Gasteiger partial charge in [0.05, 0.1) is 18.1 Å². The van der Waals surface area contributed by atoms with E-state index in [1.807, 2.05) is 6.92 Å². The highest BCUT2D eigenvalue weighted by molar-refractivity contribution is 8.03. The van der Waals surface area contributed by atoms with Crippen molar-refractivity contribution in [2.75, 3.05) is 6.54 Å². The van der Waals surface area contributed by atoms with Crippen LogP contribution >= 0.6 is 11.8 Å². The number of β-lactam (4-membered cyclic amide) rings is 1. The highest BCUT2D eigenvalue weighted by Crippen LogP contribution is 2.51. The van der Waals surface area contributed by atoms with Crippen molar-refractivity contribution in [3.05, 3.63) is 22.8 Å². The fraction of sp³-hybridized carbons (Fsp3) is 0.588. The SMILES string of the molecule is C[C@@H](O)[C@H]1C(=O)N2C(C(=O)O)=C(S[C@@H]3CN[C@H](/C=C/C(N)=O)C3)[C@H](C)[C@H]12. The van der Waals surface area contributed by atoms with Gasteiger partial charge in [-0.3, -0.25) is 9.59 Å². The molecule has 2 amide bonds. The van der Waals surface area contributed by atoms with Gasteiger partial charge in [0, 0.05) is 34.7 Å². The lowest BCUT2D eigenvalue weighted by molar-refractivity contribution is -0.163. The molecule has 9 heteroatoms. The third-order valence-electron chi connectivity index (χ3n) is 5.22. The molecule has 3 aliphatic heterocycles. The lowest BCUT2D eigenvalue weighted by Gasteiger charge is -2.46. The molecular weight excluding hydrogens is 358 g/mol. The molecule has 26 heavy (non-hydrogen) atoms. The average Bonchev–Trinajstić information content (AvgIpc) is 3.08. The van der Waals surface area contributed by atoms with E-state index in [2.05, 4.69) is 5.32 Å². The van der Waals surface area contributed by atoms with Crippen LogP contribution in [0.5, 0.6) is 0 Å². The van der Waals surface area contributed by atoms with Crippen LogP contribution < -0.4 is 11.1 Å². The lowest BCUT2D eigenvalue weighted by atomic mass is 9.79. The first kappa shape index (κ1) is 18.9. The van der Waals surface area contributed by atoms with Gasteiger partial charge in [-0.25, -0.2) is 4.79 Å². The standard InChI is InChI=1S/C17H23N3O5S/c1-7-13-12(8(2)21)16(23)20(13)14(17(24)25)15(7)26-10-5-9(19-6-10)3-4-11(18)22/h3-4,7-10,12-13,19,21H,5-6H2,1-2H3,(H2,18,22)(H,24,25)/b4-3+/t7-,8-,9-,10+,12-,13-/m1/s1. The summed E-state index contributed by atoms with van der Waals surface area (Å²) < 4.78 is 0. The molecule has 0 bridgehead atoms. The molecule has 5 N–H and O–H groups in total. The number of nitrogens with two attached hydrogens (primary N) is 1. The molecule has 6 atom stereocenters. The van der Waals surface area contributed by atoms with E-state index in [1.54, 1.807) is 13.0 Å². The van der Waals surface area contributed by atoms with E-state index in [4.69, 9.17) is 5.73 Å². The number of fused-ring (bicyclic) bond motifs is 1. The first-order chi connectivity index (χ1) is 12.2. The van der Waals surface area contributed by atoms with Gasteiger partial charge in [0.15, 0.2) is 0 Å². The molecule has 0 aromatic heterocycles. The number of hydrogen-bond acceptors (Lipinski definition) is 6. The zero-order valence-electron chi connectivity index (χ0n) is 14.6. The van der Waals surface area contributed by atoms with Gasteiger partial charge in [-0.05, 0) is 13.3 Å². The van der Waals surface area contributed by atoms with Crippen LogP contribution in [0.4, 0.5) is 0 Å². The Bertz CT molecular complexity index is 705. The predicted octanol–water partition coefficient (Wildman–Crippen LogP) is -0.355. The van der Waals surface area contributed by atoms with Crippen LogP contribution in [0.15, 0.2) is 22.8 Å². The lowest BCUT2D eigenvalue weighted by Crippen LogP contribution is -2.63. The molecule has 0 saturated carbocycles. The molecule has 0 radical (unpaired) electrons. The number of carbonyl (C=O) groups excluding carboxylic acids is 2. The number of amides is 2. The fourth-order valence-corrected chi connectivity index (χ4v) is 5.53. The Morgan fingerprint density at radius 3 is 2.73 bits per heavy atom. The van der Waals surface area contributed by atoms with Crippen molar-refractivity contribution in [1.29, 1.82) is 0 Å². The molecular formula is C17H23N3O5S. The normalized spacial score (nSPS) is 35.0. The molecule has 142 valence electrons. The number of hydrogen-bond donors (Lipinski definition) is 4. The predicted molar refractivity (Wildman–Crippen MR) is 95.8 cm³/mol. The van der Waals surface area contributed by atoms with Gasteiger partial charge in [-0.1, -0.05) is 13.0 Å². The maximum absolute atomic E-state index is 12.3. The Balaban J connectivity index is 1.76. The van der Waals surface area contributed by atoms with E-state index in [0.717, 1.165) is 6.42 Å². The van der Waals surface area contributed by atoms with Crippen LogP contribution in [-0.2, 0) is 14.4 Å². The van der Waals surface area contributed by atoms with Crippen molar-refractivity contribution < 1.29 is 24.6 Å². The smallest absolute Gasteiger partial charge is 0.353 e. The minimum Gasteiger partial charge on any atom is -0.477 e. The molecule has 8 nitrogen and oxygen atoms in total. The number of carboxylic acid groups (broad SMARTS) is 1. The van der Waals surface area contributed by atoms with E-state index in [0.29, 0.717) is 11.4 Å². The van der Waals surface area contributed by atoms with Crippen molar-refractivity contribution in [2.45, 2.75) is 43.7 Å². The number of thioether (sulfide) groups is 1. The van der Waals surface area contributed by atoms with Gasteiger partial charge in [0.1, 0.15) is 5.70 Å². The maximum Gasteiger partial charge on any atom is 0.353 e. The van der Waals surface area contributed by atoms with Crippen LogP contribution in [0.25, 0.3) is 0 Å². The monoisotopic (exact) mass is 381 g/mol. The van der Waals surface area contributed by atoms with Crippen molar-refractivity contribution in [2.24, 2.45) is 17.6 Å². The van der Waals surface area contributed by atoms with Crippen LogP contribution in [0.1, 0.15) is 20.3 Å². The fourth-order valence-electron chi connectivity index (χ4n) is 4.04. The maximum atomic E-state index is 12.3. The summed E-state index contributed by atoms with van der Waals surface area (Å²) in [7, 11) is 0. The minimum absolute atomic E-state index is 0.00876. The van der Waals surface area contributed by atoms with Crippen LogP contribution in [-0.4, -0.2) is 62.9 Å². The Morgan fingerprint density at radius 1 is 1.46 bits per heavy atom. The second-order valence-corrected chi connectivity index (χ2v) is 8.37. The second kappa shape index (κ2) is 7.05. The third kappa shape index (κ3) is 3.15. The number of rotatable bonds is 6. The Labute approximate surface area is 155 Å². The number of nitrogens with zero attached hydrogens (tertiary/aromatic N) is 1. The van der Waals surface area contributed by atoms with Gasteiger partial charge >= 0.3 is 5.97 Å². The Morgan fingerprint density at radius 2 is 2.15 bits per heavy atom. The zero-order valence-corrected chi connectivity index (χ0v) is 15.4. The van der Waals surface area contributed by atoms with E-state index in [1.165, 1.54) is 22.7 Å². The summed E-state index contributed by atoms with van der Waals surface area (Å²) >= 11 is 1.47. The van der Waals surface area contributed by atoms with E-state index in [9.17, 15) is 24.6 Å². The quantitative estimate of drug-likeness (QED) is 0.365. The molecule has 0 unspecified atom stereocenters. The highest BCUT2D eigenvalue weighted by atomic mass is 32.2. The average molecular weight is 381 g/mol. The minimum atomic E-state index is -1.12. The summed E-state index contributed by atoms with van der Waals surface area (Å²) in [5.74, 6) is -2.63. The van der Waals surface area contributed by atoms with Gasteiger partial charge < -0.3 is 26.2 Å². The number of aliphatic hydroxyl groups excluding tert-OH is 1. The second-order valence-electron chi connectivity index (χ2n) is 7.02. The van der Waals surface area contributed by atoms with Gasteiger partial charge in [-0.2, -0.15) is 0 Å². The summed E-state index contributed by atoms with van der Waals surface area (Å²) in [5.41, 5.74) is 5.15. The molecule has 0 aromatic carbocycles. The van der Waals surface area contributed by atoms with Crippen molar-refractivity contribution in [3.63, 3.8) is 0 Å². The highest BCUT2D eigenvalue weighted by Gasteiger charge is 2.60. The number of primary amides is 1.